The Hall–Kier alpha value is -3.00. The molecule has 0 bridgehead atoms. The highest BCUT2D eigenvalue weighted by Gasteiger charge is 2.41. The van der Waals surface area contributed by atoms with Crippen LogP contribution in [0, 0.1) is 28.6 Å². The Morgan fingerprint density at radius 1 is 1.26 bits per heavy atom. The zero-order valence-corrected chi connectivity index (χ0v) is 20.7. The summed E-state index contributed by atoms with van der Waals surface area (Å²) in [5.74, 6) is -2.22. The molecule has 8 heteroatoms. The summed E-state index contributed by atoms with van der Waals surface area (Å²) in [6.45, 7) is 12.6. The van der Waals surface area contributed by atoms with Gasteiger partial charge in [-0.25, -0.2) is 0 Å². The lowest BCUT2D eigenvalue weighted by Gasteiger charge is -2.30. The van der Waals surface area contributed by atoms with Crippen molar-refractivity contribution in [2.75, 3.05) is 0 Å². The molecule has 2 rings (SSSR count). The molecule has 184 valence electrons. The molecule has 0 aliphatic heterocycles. The third kappa shape index (κ3) is 7.25. The molecule has 1 amide bonds. The number of aromatic nitrogens is 1. The van der Waals surface area contributed by atoms with Crippen molar-refractivity contribution in [2.45, 2.75) is 66.5 Å². The molecule has 3 N–H and O–H groups in total. The molecule has 1 fully saturated rings. The van der Waals surface area contributed by atoms with Crippen LogP contribution in [0.4, 0.5) is 0 Å². The number of amides is 1. The number of nitrogens with one attached hydrogen (secondary N) is 2. The minimum absolute atomic E-state index is 0.0471. The van der Waals surface area contributed by atoms with Crippen LogP contribution in [0.5, 0.6) is 0 Å². The average molecular weight is 469 g/mol. The SMILES string of the molecule is C=C(N=C(C)[C@@H]1C[C@@H](O)CC1CC(=O)[C@@H](C(=N)C(C)=O)C(C)(C)C)C(=O)NCc1ccccn1. The van der Waals surface area contributed by atoms with Crippen molar-refractivity contribution in [2.24, 2.45) is 28.2 Å². The van der Waals surface area contributed by atoms with E-state index in [4.69, 9.17) is 5.41 Å². The molecule has 1 heterocycles. The van der Waals surface area contributed by atoms with Crippen LogP contribution in [0.15, 0.2) is 41.7 Å². The van der Waals surface area contributed by atoms with Crippen molar-refractivity contribution < 1.29 is 19.5 Å². The fourth-order valence-corrected chi connectivity index (χ4v) is 4.61. The number of aliphatic hydroxyl groups excluding tert-OH is 1. The lowest BCUT2D eigenvalue weighted by molar-refractivity contribution is -0.125. The monoisotopic (exact) mass is 468 g/mol. The van der Waals surface area contributed by atoms with Gasteiger partial charge in [-0.3, -0.25) is 24.4 Å². The summed E-state index contributed by atoms with van der Waals surface area (Å²) in [5, 5.41) is 21.2. The number of hydrogen-bond acceptors (Lipinski definition) is 7. The summed E-state index contributed by atoms with van der Waals surface area (Å²) in [4.78, 5) is 46.0. The Kier molecular flexibility index (Phi) is 9.15. The zero-order chi connectivity index (χ0) is 25.6. The minimum atomic E-state index is -0.812. The first kappa shape index (κ1) is 27.2. The smallest absolute Gasteiger partial charge is 0.269 e. The molecule has 34 heavy (non-hydrogen) atoms. The summed E-state index contributed by atoms with van der Waals surface area (Å²) >= 11 is 0. The maximum atomic E-state index is 13.2. The number of ketones is 2. The Morgan fingerprint density at radius 2 is 1.94 bits per heavy atom. The highest BCUT2D eigenvalue weighted by Crippen LogP contribution is 2.38. The van der Waals surface area contributed by atoms with Crippen LogP contribution in [0.2, 0.25) is 0 Å². The Labute approximate surface area is 201 Å². The Morgan fingerprint density at radius 3 is 2.50 bits per heavy atom. The number of aliphatic hydroxyl groups is 1. The van der Waals surface area contributed by atoms with E-state index in [1.165, 1.54) is 6.92 Å². The molecule has 8 nitrogen and oxygen atoms in total. The van der Waals surface area contributed by atoms with Crippen LogP contribution in [-0.4, -0.2) is 45.1 Å². The van der Waals surface area contributed by atoms with Gasteiger partial charge < -0.3 is 15.8 Å². The van der Waals surface area contributed by atoms with Gasteiger partial charge in [-0.2, -0.15) is 0 Å². The number of carbonyl (C=O) groups is 3. The molecule has 1 aliphatic rings. The van der Waals surface area contributed by atoms with Gasteiger partial charge >= 0.3 is 0 Å². The van der Waals surface area contributed by atoms with Gasteiger partial charge in [0.05, 0.1) is 30.0 Å². The first-order valence-corrected chi connectivity index (χ1v) is 11.5. The van der Waals surface area contributed by atoms with Crippen molar-refractivity contribution in [3.05, 3.63) is 42.4 Å². The first-order valence-electron chi connectivity index (χ1n) is 11.5. The summed E-state index contributed by atoms with van der Waals surface area (Å²) in [5.41, 5.74) is 0.629. The van der Waals surface area contributed by atoms with Crippen molar-refractivity contribution in [3.8, 4) is 0 Å². The number of rotatable bonds is 10. The van der Waals surface area contributed by atoms with E-state index in [1.54, 1.807) is 25.3 Å². The average Bonchev–Trinajstić information content (AvgIpc) is 3.11. The van der Waals surface area contributed by atoms with Crippen LogP contribution >= 0.6 is 0 Å². The van der Waals surface area contributed by atoms with E-state index >= 15 is 0 Å². The lowest BCUT2D eigenvalue weighted by Crippen LogP contribution is -2.39. The van der Waals surface area contributed by atoms with Crippen LogP contribution in [0.3, 0.4) is 0 Å². The maximum absolute atomic E-state index is 13.2. The van der Waals surface area contributed by atoms with E-state index in [1.807, 2.05) is 26.8 Å². The molecule has 1 aromatic heterocycles. The summed E-state index contributed by atoms with van der Waals surface area (Å²) < 4.78 is 0. The third-order valence-corrected chi connectivity index (χ3v) is 6.26. The number of hydrogen-bond donors (Lipinski definition) is 3. The number of carbonyl (C=O) groups excluding carboxylic acids is 3. The van der Waals surface area contributed by atoms with E-state index in [0.29, 0.717) is 24.2 Å². The molecule has 0 saturated heterocycles. The molecule has 0 spiro atoms. The molecule has 1 aromatic rings. The molecule has 4 atom stereocenters. The van der Waals surface area contributed by atoms with Gasteiger partial charge in [0.1, 0.15) is 11.5 Å². The molecule has 1 aliphatic carbocycles. The number of nitrogens with zero attached hydrogens (tertiary/aromatic N) is 2. The fourth-order valence-electron chi connectivity index (χ4n) is 4.61. The van der Waals surface area contributed by atoms with Gasteiger partial charge in [0.2, 0.25) is 0 Å². The molecular weight excluding hydrogens is 432 g/mol. The van der Waals surface area contributed by atoms with E-state index in [0.717, 1.165) is 0 Å². The van der Waals surface area contributed by atoms with E-state index in [2.05, 4.69) is 21.9 Å². The van der Waals surface area contributed by atoms with Crippen molar-refractivity contribution in [1.29, 1.82) is 5.41 Å². The second-order valence-electron chi connectivity index (χ2n) is 10.1. The van der Waals surface area contributed by atoms with Crippen molar-refractivity contribution in [1.82, 2.24) is 10.3 Å². The second-order valence-corrected chi connectivity index (χ2v) is 10.1. The van der Waals surface area contributed by atoms with Gasteiger partial charge in [0.15, 0.2) is 5.78 Å². The zero-order valence-electron chi connectivity index (χ0n) is 20.7. The molecule has 0 aromatic carbocycles. The first-order chi connectivity index (χ1) is 15.8. The summed E-state index contributed by atoms with van der Waals surface area (Å²) in [6, 6.07) is 5.43. The van der Waals surface area contributed by atoms with Gasteiger partial charge in [-0.05, 0) is 43.2 Å². The predicted octanol–water partition coefficient (Wildman–Crippen LogP) is 3.29. The van der Waals surface area contributed by atoms with E-state index < -0.39 is 29.1 Å². The van der Waals surface area contributed by atoms with Crippen LogP contribution < -0.4 is 5.32 Å². The lowest BCUT2D eigenvalue weighted by atomic mass is 9.71. The normalized spacial score (nSPS) is 21.6. The highest BCUT2D eigenvalue weighted by atomic mass is 16.3. The molecule has 1 saturated carbocycles. The molecular formula is C26H36N4O4. The van der Waals surface area contributed by atoms with Gasteiger partial charge in [0, 0.05) is 31.2 Å². The van der Waals surface area contributed by atoms with Gasteiger partial charge in [-0.15, -0.1) is 0 Å². The quantitative estimate of drug-likeness (QED) is 0.358. The van der Waals surface area contributed by atoms with Gasteiger partial charge in [-0.1, -0.05) is 33.4 Å². The Balaban J connectivity index is 2.10. The third-order valence-electron chi connectivity index (χ3n) is 6.26. The van der Waals surface area contributed by atoms with Gasteiger partial charge in [0.25, 0.3) is 5.91 Å². The minimum Gasteiger partial charge on any atom is -0.393 e. The van der Waals surface area contributed by atoms with Crippen LogP contribution in [-0.2, 0) is 20.9 Å². The highest BCUT2D eigenvalue weighted by molar-refractivity contribution is 6.42. The van der Waals surface area contributed by atoms with Crippen LogP contribution in [0.25, 0.3) is 0 Å². The Bertz CT molecular complexity index is 978. The standard InChI is InChI=1S/C26H36N4O4/c1-15(30-16(2)25(34)29-14-19-9-7-8-10-28-19)21-13-20(32)11-18(21)12-22(33)23(26(4,5)6)24(27)17(3)31/h7-10,18,20-21,23,27,32H,2,11-14H2,1,3-6H3,(H,29,34)/t18?,20-,21-,23-/m0/s1. The largest absolute Gasteiger partial charge is 0.393 e. The van der Waals surface area contributed by atoms with Crippen molar-refractivity contribution >= 4 is 28.9 Å². The number of pyridine rings is 1. The van der Waals surface area contributed by atoms with E-state index in [-0.39, 0.29) is 42.0 Å². The van der Waals surface area contributed by atoms with Crippen LogP contribution in [0.1, 0.15) is 59.6 Å². The summed E-state index contributed by atoms with van der Waals surface area (Å²) in [7, 11) is 0. The number of aliphatic imine (C=N–C) groups is 1. The fraction of sp³-hybridized carbons (Fsp3) is 0.538. The number of Topliss-reactive ketones (excluding diaryl/α,β-unsaturated/α-hetero) is 2. The predicted molar refractivity (Wildman–Crippen MR) is 132 cm³/mol. The van der Waals surface area contributed by atoms with E-state index in [9.17, 15) is 19.5 Å². The van der Waals surface area contributed by atoms with Crippen molar-refractivity contribution in [3.63, 3.8) is 0 Å². The molecule has 0 radical (unpaired) electrons. The summed E-state index contributed by atoms with van der Waals surface area (Å²) in [6.07, 6.45) is 2.05. The maximum Gasteiger partial charge on any atom is 0.269 e. The topological polar surface area (TPSA) is 133 Å². The second kappa shape index (κ2) is 11.4. The molecule has 1 unspecified atom stereocenters.